The van der Waals surface area contributed by atoms with Crippen molar-refractivity contribution in [3.63, 3.8) is 0 Å². The third-order valence-corrected chi connectivity index (χ3v) is 2.90. The van der Waals surface area contributed by atoms with Crippen LogP contribution < -0.4 is 5.32 Å². The van der Waals surface area contributed by atoms with Crippen LogP contribution >= 0.6 is 0 Å². The van der Waals surface area contributed by atoms with E-state index >= 15 is 0 Å². The van der Waals surface area contributed by atoms with E-state index in [1.165, 1.54) is 12.1 Å². The zero-order chi connectivity index (χ0) is 13.8. The Bertz CT molecular complexity index is 553. The number of halogens is 2. The predicted molar refractivity (Wildman–Crippen MR) is 65.6 cm³/mol. The Labute approximate surface area is 109 Å². The monoisotopic (exact) mass is 267 g/mol. The molecule has 0 aliphatic carbocycles. The van der Waals surface area contributed by atoms with E-state index in [1.54, 1.807) is 7.05 Å². The smallest absolute Gasteiger partial charge is 0.243 e. The van der Waals surface area contributed by atoms with Crippen LogP contribution in [0.1, 0.15) is 36.7 Å². The van der Waals surface area contributed by atoms with Gasteiger partial charge in [-0.05, 0) is 25.1 Å². The van der Waals surface area contributed by atoms with Gasteiger partial charge in [-0.1, -0.05) is 18.1 Å². The second kappa shape index (κ2) is 5.88. The summed E-state index contributed by atoms with van der Waals surface area (Å²) >= 11 is 0. The topological polar surface area (TPSA) is 51.0 Å². The average Bonchev–Trinajstić information content (AvgIpc) is 2.83. The SMILES string of the molecule is CCC(NC)c1nc(Cc2ccc(F)cc2F)no1. The molecule has 0 spiro atoms. The van der Waals surface area contributed by atoms with Crippen LogP contribution in [-0.2, 0) is 6.42 Å². The highest BCUT2D eigenvalue weighted by Gasteiger charge is 2.16. The van der Waals surface area contributed by atoms with E-state index in [-0.39, 0.29) is 12.5 Å². The van der Waals surface area contributed by atoms with Crippen molar-refractivity contribution in [3.05, 3.63) is 47.1 Å². The van der Waals surface area contributed by atoms with Gasteiger partial charge in [-0.3, -0.25) is 0 Å². The van der Waals surface area contributed by atoms with Crippen molar-refractivity contribution in [2.45, 2.75) is 25.8 Å². The first kappa shape index (κ1) is 13.6. The molecular formula is C13H15F2N3O. The largest absolute Gasteiger partial charge is 0.338 e. The van der Waals surface area contributed by atoms with Gasteiger partial charge >= 0.3 is 0 Å². The molecule has 0 aliphatic heterocycles. The molecular weight excluding hydrogens is 252 g/mol. The van der Waals surface area contributed by atoms with E-state index in [2.05, 4.69) is 15.5 Å². The van der Waals surface area contributed by atoms with E-state index < -0.39 is 11.6 Å². The Balaban J connectivity index is 2.15. The normalized spacial score (nSPS) is 12.6. The Kier molecular flexibility index (Phi) is 4.21. The summed E-state index contributed by atoms with van der Waals surface area (Å²) in [5.74, 6) is -0.347. The minimum Gasteiger partial charge on any atom is -0.338 e. The molecule has 0 saturated heterocycles. The van der Waals surface area contributed by atoms with E-state index in [0.29, 0.717) is 17.3 Å². The molecule has 1 heterocycles. The molecule has 0 radical (unpaired) electrons. The lowest BCUT2D eigenvalue weighted by molar-refractivity contribution is 0.331. The van der Waals surface area contributed by atoms with E-state index in [9.17, 15) is 8.78 Å². The zero-order valence-corrected chi connectivity index (χ0v) is 10.8. The van der Waals surface area contributed by atoms with Crippen molar-refractivity contribution < 1.29 is 13.3 Å². The highest BCUT2D eigenvalue weighted by molar-refractivity contribution is 5.21. The lowest BCUT2D eigenvalue weighted by Crippen LogP contribution is -2.15. The summed E-state index contributed by atoms with van der Waals surface area (Å²) in [5.41, 5.74) is 0.339. The number of hydrogen-bond acceptors (Lipinski definition) is 4. The zero-order valence-electron chi connectivity index (χ0n) is 10.8. The van der Waals surface area contributed by atoms with Crippen LogP contribution in [0.5, 0.6) is 0 Å². The van der Waals surface area contributed by atoms with E-state index in [1.807, 2.05) is 6.92 Å². The molecule has 0 amide bonds. The van der Waals surface area contributed by atoms with Crippen LogP contribution in [0.3, 0.4) is 0 Å². The summed E-state index contributed by atoms with van der Waals surface area (Å²) in [6.45, 7) is 1.99. The maximum atomic E-state index is 13.5. The third kappa shape index (κ3) is 3.14. The second-order valence-corrected chi connectivity index (χ2v) is 4.21. The Morgan fingerprint density at radius 3 is 2.79 bits per heavy atom. The molecule has 1 N–H and O–H groups in total. The minimum absolute atomic E-state index is 0.0145. The minimum atomic E-state index is -0.605. The summed E-state index contributed by atoms with van der Waals surface area (Å²) in [5, 5.41) is 6.85. The third-order valence-electron chi connectivity index (χ3n) is 2.90. The van der Waals surface area contributed by atoms with Gasteiger partial charge < -0.3 is 9.84 Å². The predicted octanol–water partition coefficient (Wildman–Crippen LogP) is 2.61. The van der Waals surface area contributed by atoms with Crippen molar-refractivity contribution in [1.29, 1.82) is 0 Å². The second-order valence-electron chi connectivity index (χ2n) is 4.21. The summed E-state index contributed by atoms with van der Waals surface area (Å²) in [6, 6.07) is 3.43. The fourth-order valence-electron chi connectivity index (χ4n) is 1.82. The van der Waals surface area contributed by atoms with Gasteiger partial charge in [0.05, 0.1) is 6.04 Å². The molecule has 0 bridgehead atoms. The molecule has 2 aromatic rings. The first-order valence-corrected chi connectivity index (χ1v) is 6.07. The van der Waals surface area contributed by atoms with Crippen LogP contribution in [-0.4, -0.2) is 17.2 Å². The molecule has 0 saturated carbocycles. The molecule has 1 aromatic heterocycles. The van der Waals surface area contributed by atoms with Crippen LogP contribution in [0.25, 0.3) is 0 Å². The number of aromatic nitrogens is 2. The lowest BCUT2D eigenvalue weighted by Gasteiger charge is -2.06. The molecule has 1 aromatic carbocycles. The maximum Gasteiger partial charge on any atom is 0.243 e. The van der Waals surface area contributed by atoms with E-state index in [4.69, 9.17) is 4.52 Å². The van der Waals surface area contributed by atoms with E-state index in [0.717, 1.165) is 12.5 Å². The molecule has 102 valence electrons. The van der Waals surface area contributed by atoms with Gasteiger partial charge in [0.15, 0.2) is 5.82 Å². The molecule has 4 nitrogen and oxygen atoms in total. The van der Waals surface area contributed by atoms with Crippen LogP contribution in [0.15, 0.2) is 22.7 Å². The van der Waals surface area contributed by atoms with Gasteiger partial charge in [0, 0.05) is 12.5 Å². The lowest BCUT2D eigenvalue weighted by atomic mass is 10.1. The van der Waals surface area contributed by atoms with Crippen molar-refractivity contribution in [3.8, 4) is 0 Å². The van der Waals surface area contributed by atoms with Crippen molar-refractivity contribution in [2.75, 3.05) is 7.05 Å². The molecule has 19 heavy (non-hydrogen) atoms. The summed E-state index contributed by atoms with van der Waals surface area (Å²) in [4.78, 5) is 4.21. The van der Waals surface area contributed by atoms with Crippen molar-refractivity contribution >= 4 is 0 Å². The van der Waals surface area contributed by atoms with Gasteiger partial charge in [-0.2, -0.15) is 4.98 Å². The summed E-state index contributed by atoms with van der Waals surface area (Å²) in [7, 11) is 1.80. The Hall–Kier alpha value is -1.82. The van der Waals surface area contributed by atoms with Crippen LogP contribution in [0, 0.1) is 11.6 Å². The Morgan fingerprint density at radius 2 is 2.16 bits per heavy atom. The number of hydrogen-bond donors (Lipinski definition) is 1. The number of nitrogens with one attached hydrogen (secondary N) is 1. The van der Waals surface area contributed by atoms with Crippen molar-refractivity contribution in [2.24, 2.45) is 0 Å². The van der Waals surface area contributed by atoms with Gasteiger partial charge in [-0.25, -0.2) is 8.78 Å². The molecule has 0 aliphatic rings. The highest BCUT2D eigenvalue weighted by atomic mass is 19.1. The molecule has 0 fully saturated rings. The fraction of sp³-hybridized carbons (Fsp3) is 0.385. The van der Waals surface area contributed by atoms with Gasteiger partial charge in [0.2, 0.25) is 5.89 Å². The van der Waals surface area contributed by atoms with Crippen molar-refractivity contribution in [1.82, 2.24) is 15.5 Å². The summed E-state index contributed by atoms with van der Waals surface area (Å²) < 4.78 is 31.4. The summed E-state index contributed by atoms with van der Waals surface area (Å²) in [6.07, 6.45) is 0.985. The quantitative estimate of drug-likeness (QED) is 0.904. The molecule has 1 unspecified atom stereocenters. The first-order valence-electron chi connectivity index (χ1n) is 6.07. The molecule has 2 rings (SSSR count). The molecule has 6 heteroatoms. The number of rotatable bonds is 5. The number of benzene rings is 1. The van der Waals surface area contributed by atoms with Crippen LogP contribution in [0.2, 0.25) is 0 Å². The first-order chi connectivity index (χ1) is 9.13. The maximum absolute atomic E-state index is 13.5. The van der Waals surface area contributed by atoms with Gasteiger partial charge in [0.25, 0.3) is 0 Å². The molecule has 1 atom stereocenters. The fourth-order valence-corrected chi connectivity index (χ4v) is 1.82. The standard InChI is InChI=1S/C13H15F2N3O/c1-3-11(16-2)13-17-12(18-19-13)6-8-4-5-9(14)7-10(8)15/h4-5,7,11,16H,3,6H2,1-2H3. The van der Waals surface area contributed by atoms with Gasteiger partial charge in [-0.15, -0.1) is 0 Å². The van der Waals surface area contributed by atoms with Crippen LogP contribution in [0.4, 0.5) is 8.78 Å². The van der Waals surface area contributed by atoms with Gasteiger partial charge in [0.1, 0.15) is 11.6 Å². The Morgan fingerprint density at radius 1 is 1.37 bits per heavy atom. The number of nitrogens with zero attached hydrogens (tertiary/aromatic N) is 2. The average molecular weight is 267 g/mol. The highest BCUT2D eigenvalue weighted by Crippen LogP contribution is 2.16.